The summed E-state index contributed by atoms with van der Waals surface area (Å²) in [5.41, 5.74) is 1.42. The van der Waals surface area contributed by atoms with Gasteiger partial charge in [0.05, 0.1) is 23.1 Å². The Morgan fingerprint density at radius 2 is 1.79 bits per heavy atom. The van der Waals surface area contributed by atoms with Crippen LogP contribution in [0.3, 0.4) is 0 Å². The van der Waals surface area contributed by atoms with Gasteiger partial charge in [0.25, 0.3) is 11.8 Å². The third-order valence-corrected chi connectivity index (χ3v) is 5.45. The molecule has 0 spiro atoms. The fraction of sp³-hybridized carbons (Fsp3) is 0.100. The lowest BCUT2D eigenvalue weighted by Gasteiger charge is -2.06. The van der Waals surface area contributed by atoms with Crippen molar-refractivity contribution in [3.63, 3.8) is 0 Å². The number of hydrogen-bond acceptors (Lipinski definition) is 6. The highest BCUT2D eigenvalue weighted by Gasteiger charge is 2.26. The van der Waals surface area contributed by atoms with Crippen LogP contribution in [-0.2, 0) is 4.74 Å². The van der Waals surface area contributed by atoms with Crippen LogP contribution in [0, 0.1) is 6.92 Å². The van der Waals surface area contributed by atoms with E-state index in [2.05, 4.69) is 15.6 Å². The number of halogens is 1. The maximum absolute atomic E-state index is 12.7. The molecule has 7 nitrogen and oxygen atoms in total. The maximum atomic E-state index is 12.7. The Kier molecular flexibility index (Phi) is 6.26. The number of esters is 1. The van der Waals surface area contributed by atoms with E-state index in [0.717, 1.165) is 11.3 Å². The van der Waals surface area contributed by atoms with E-state index in [-0.39, 0.29) is 15.4 Å². The molecule has 3 aromatic rings. The Morgan fingerprint density at radius 3 is 2.41 bits per heavy atom. The van der Waals surface area contributed by atoms with Gasteiger partial charge < -0.3 is 15.4 Å². The van der Waals surface area contributed by atoms with Gasteiger partial charge in [-0.1, -0.05) is 11.6 Å². The lowest BCUT2D eigenvalue weighted by molar-refractivity contribution is 0.0601. The van der Waals surface area contributed by atoms with Gasteiger partial charge in [0.2, 0.25) is 0 Å². The second-order valence-corrected chi connectivity index (χ2v) is 7.37. The number of thiophene rings is 1. The molecule has 0 saturated heterocycles. The molecule has 0 aliphatic carbocycles. The molecule has 2 N–H and O–H groups in total. The van der Waals surface area contributed by atoms with Crippen LogP contribution in [0.4, 0.5) is 10.7 Å². The van der Waals surface area contributed by atoms with E-state index >= 15 is 0 Å². The van der Waals surface area contributed by atoms with Gasteiger partial charge in [-0.25, -0.2) is 4.79 Å². The number of aromatic nitrogens is 1. The topological polar surface area (TPSA) is 97.4 Å². The zero-order chi connectivity index (χ0) is 21.0. The van der Waals surface area contributed by atoms with Crippen LogP contribution < -0.4 is 10.6 Å². The highest BCUT2D eigenvalue weighted by molar-refractivity contribution is 7.19. The summed E-state index contributed by atoms with van der Waals surface area (Å²) in [4.78, 5) is 41.7. The third-order valence-electron chi connectivity index (χ3n) is 4.00. The molecule has 0 saturated carbocycles. The lowest BCUT2D eigenvalue weighted by atomic mass is 10.1. The molecule has 0 unspecified atom stereocenters. The molecule has 2 amide bonds. The number of nitrogens with zero attached hydrogens (tertiary/aromatic N) is 1. The van der Waals surface area contributed by atoms with Crippen LogP contribution in [0.5, 0.6) is 0 Å². The summed E-state index contributed by atoms with van der Waals surface area (Å²) in [6.45, 7) is 1.62. The van der Waals surface area contributed by atoms with Gasteiger partial charge in [-0.05, 0) is 48.9 Å². The first-order valence-electron chi connectivity index (χ1n) is 8.40. The quantitative estimate of drug-likeness (QED) is 0.586. The van der Waals surface area contributed by atoms with E-state index in [4.69, 9.17) is 16.3 Å². The standard InChI is InChI=1S/C20H16ClN3O4S/c1-11-15(20(27)28-2)19(24-17(25)12-4-3-9-22-10-12)29-16(11)18(26)23-14-7-5-13(21)6-8-14/h3-10H,1-2H3,(H,23,26)(H,24,25). The van der Waals surface area contributed by atoms with Gasteiger partial charge in [-0.3, -0.25) is 14.6 Å². The number of benzene rings is 1. The number of methoxy groups -OCH3 is 1. The molecule has 0 atom stereocenters. The van der Waals surface area contributed by atoms with Crippen molar-refractivity contribution < 1.29 is 19.1 Å². The third kappa shape index (κ3) is 4.61. The number of amides is 2. The van der Waals surface area contributed by atoms with Gasteiger partial charge in [-0.15, -0.1) is 11.3 Å². The number of carbonyl (C=O) groups is 3. The maximum Gasteiger partial charge on any atom is 0.341 e. The molecule has 3 rings (SSSR count). The molecule has 2 aromatic heterocycles. The summed E-state index contributed by atoms with van der Waals surface area (Å²) in [5, 5.41) is 6.19. The van der Waals surface area contributed by atoms with E-state index in [1.807, 2.05) is 0 Å². The van der Waals surface area contributed by atoms with E-state index in [0.29, 0.717) is 21.8 Å². The lowest BCUT2D eigenvalue weighted by Crippen LogP contribution is -2.14. The molecule has 29 heavy (non-hydrogen) atoms. The van der Waals surface area contributed by atoms with Crippen molar-refractivity contribution in [3.05, 3.63) is 75.4 Å². The van der Waals surface area contributed by atoms with Gasteiger partial charge in [0.15, 0.2) is 0 Å². The molecule has 0 fully saturated rings. The molecule has 0 radical (unpaired) electrons. The van der Waals surface area contributed by atoms with E-state index in [1.165, 1.54) is 13.3 Å². The zero-order valence-electron chi connectivity index (χ0n) is 15.5. The molecule has 0 aliphatic rings. The van der Waals surface area contributed by atoms with Crippen LogP contribution >= 0.6 is 22.9 Å². The minimum Gasteiger partial charge on any atom is -0.465 e. The molecule has 0 bridgehead atoms. The minimum absolute atomic E-state index is 0.135. The van der Waals surface area contributed by atoms with E-state index < -0.39 is 17.8 Å². The number of hydrogen-bond donors (Lipinski definition) is 2. The molecule has 0 aliphatic heterocycles. The fourth-order valence-corrected chi connectivity index (χ4v) is 3.77. The molecule has 1 aromatic carbocycles. The summed E-state index contributed by atoms with van der Waals surface area (Å²) < 4.78 is 4.83. The van der Waals surface area contributed by atoms with Gasteiger partial charge >= 0.3 is 5.97 Å². The summed E-state index contributed by atoms with van der Waals surface area (Å²) in [5.74, 6) is -1.51. The Bertz CT molecular complexity index is 1070. The van der Waals surface area contributed by atoms with Crippen molar-refractivity contribution in [2.45, 2.75) is 6.92 Å². The Balaban J connectivity index is 1.92. The van der Waals surface area contributed by atoms with Crippen LogP contribution in [0.1, 0.15) is 36.0 Å². The fourth-order valence-electron chi connectivity index (χ4n) is 2.56. The molecular weight excluding hydrogens is 414 g/mol. The number of ether oxygens (including phenoxy) is 1. The minimum atomic E-state index is -0.647. The molecule has 2 heterocycles. The first-order valence-corrected chi connectivity index (χ1v) is 9.60. The van der Waals surface area contributed by atoms with Crippen molar-refractivity contribution >= 4 is 51.4 Å². The highest BCUT2D eigenvalue weighted by atomic mass is 35.5. The first kappa shape index (κ1) is 20.5. The smallest absolute Gasteiger partial charge is 0.341 e. The number of carbonyl (C=O) groups excluding carboxylic acids is 3. The van der Waals surface area contributed by atoms with Gasteiger partial charge in [0.1, 0.15) is 5.00 Å². The van der Waals surface area contributed by atoms with Crippen molar-refractivity contribution in [1.29, 1.82) is 0 Å². The Morgan fingerprint density at radius 1 is 1.07 bits per heavy atom. The van der Waals surface area contributed by atoms with E-state index in [9.17, 15) is 14.4 Å². The molecule has 9 heteroatoms. The summed E-state index contributed by atoms with van der Waals surface area (Å²) in [6, 6.07) is 9.84. The summed E-state index contributed by atoms with van der Waals surface area (Å²) in [7, 11) is 1.24. The first-order chi connectivity index (χ1) is 13.9. The average Bonchev–Trinajstić information content (AvgIpc) is 3.05. The second-order valence-electron chi connectivity index (χ2n) is 5.91. The monoisotopic (exact) mass is 429 g/mol. The van der Waals surface area contributed by atoms with Crippen LogP contribution in [-0.4, -0.2) is 29.9 Å². The number of anilines is 2. The SMILES string of the molecule is COC(=O)c1c(NC(=O)c2cccnc2)sc(C(=O)Nc2ccc(Cl)cc2)c1C. The average molecular weight is 430 g/mol. The zero-order valence-corrected chi connectivity index (χ0v) is 17.1. The number of rotatable bonds is 5. The Labute approximate surface area is 175 Å². The summed E-state index contributed by atoms with van der Waals surface area (Å²) in [6.07, 6.45) is 2.95. The van der Waals surface area contributed by atoms with Gasteiger partial charge in [0, 0.05) is 23.1 Å². The van der Waals surface area contributed by atoms with Crippen molar-refractivity contribution in [2.75, 3.05) is 17.7 Å². The van der Waals surface area contributed by atoms with E-state index in [1.54, 1.807) is 49.5 Å². The predicted octanol–water partition coefficient (Wildman–Crippen LogP) is 4.40. The number of pyridine rings is 1. The van der Waals surface area contributed by atoms with Crippen molar-refractivity contribution in [1.82, 2.24) is 4.98 Å². The second kappa shape index (κ2) is 8.85. The predicted molar refractivity (Wildman–Crippen MR) is 112 cm³/mol. The van der Waals surface area contributed by atoms with Gasteiger partial charge in [-0.2, -0.15) is 0 Å². The van der Waals surface area contributed by atoms with Crippen LogP contribution in [0.2, 0.25) is 5.02 Å². The summed E-state index contributed by atoms with van der Waals surface area (Å²) >= 11 is 6.85. The van der Waals surface area contributed by atoms with Crippen LogP contribution in [0.15, 0.2) is 48.8 Å². The van der Waals surface area contributed by atoms with Crippen molar-refractivity contribution in [2.24, 2.45) is 0 Å². The van der Waals surface area contributed by atoms with Crippen molar-refractivity contribution in [3.8, 4) is 0 Å². The Hall–Kier alpha value is -3.23. The normalized spacial score (nSPS) is 10.3. The largest absolute Gasteiger partial charge is 0.465 e. The highest BCUT2D eigenvalue weighted by Crippen LogP contribution is 2.34. The number of nitrogens with one attached hydrogen (secondary N) is 2. The van der Waals surface area contributed by atoms with Crippen LogP contribution in [0.25, 0.3) is 0 Å². The molecular formula is C20H16ClN3O4S. The molecule has 148 valence electrons.